The lowest BCUT2D eigenvalue weighted by Crippen LogP contribution is -2.33. The van der Waals surface area contributed by atoms with Gasteiger partial charge < -0.3 is 15.0 Å². The first-order valence-corrected chi connectivity index (χ1v) is 8.70. The molecule has 1 aliphatic rings. The molecule has 4 nitrogen and oxygen atoms in total. The molecule has 1 atom stereocenters. The van der Waals surface area contributed by atoms with E-state index >= 15 is 0 Å². The summed E-state index contributed by atoms with van der Waals surface area (Å²) in [6, 6.07) is 13.7. The third-order valence-corrected chi connectivity index (χ3v) is 4.34. The highest BCUT2D eigenvalue weighted by molar-refractivity contribution is 5.97. The van der Waals surface area contributed by atoms with E-state index in [1.165, 1.54) is 18.6 Å². The van der Waals surface area contributed by atoms with Gasteiger partial charge in [0.15, 0.2) is 6.10 Å². The van der Waals surface area contributed by atoms with E-state index in [9.17, 15) is 9.18 Å². The SMILES string of the molecule is CC(Oc1ccccc1)C(=O)Nc1cc(F)ccc1N1CCCCC1. The highest BCUT2D eigenvalue weighted by Crippen LogP contribution is 2.29. The molecule has 2 aromatic carbocycles. The van der Waals surface area contributed by atoms with Crippen LogP contribution >= 0.6 is 0 Å². The average Bonchev–Trinajstić information content (AvgIpc) is 2.63. The molecule has 5 heteroatoms. The minimum absolute atomic E-state index is 0.298. The Kier molecular flexibility index (Phi) is 5.53. The molecule has 0 saturated carbocycles. The van der Waals surface area contributed by atoms with Gasteiger partial charge in [-0.05, 0) is 56.5 Å². The Balaban J connectivity index is 1.72. The van der Waals surface area contributed by atoms with Gasteiger partial charge in [0.05, 0.1) is 11.4 Å². The molecule has 0 aliphatic carbocycles. The van der Waals surface area contributed by atoms with Gasteiger partial charge in [-0.1, -0.05) is 18.2 Å². The molecule has 1 unspecified atom stereocenters. The summed E-state index contributed by atoms with van der Waals surface area (Å²) < 4.78 is 19.4. The maximum absolute atomic E-state index is 13.7. The van der Waals surface area contributed by atoms with Crippen LogP contribution in [0.4, 0.5) is 15.8 Å². The molecule has 0 bridgehead atoms. The van der Waals surface area contributed by atoms with Crippen molar-refractivity contribution in [3.8, 4) is 5.75 Å². The molecule has 1 heterocycles. The minimum atomic E-state index is -0.681. The van der Waals surface area contributed by atoms with Crippen LogP contribution in [0, 0.1) is 5.82 Å². The number of anilines is 2. The highest BCUT2D eigenvalue weighted by atomic mass is 19.1. The van der Waals surface area contributed by atoms with E-state index in [-0.39, 0.29) is 11.7 Å². The van der Waals surface area contributed by atoms with Gasteiger partial charge in [-0.25, -0.2) is 4.39 Å². The molecule has 0 spiro atoms. The Labute approximate surface area is 147 Å². The van der Waals surface area contributed by atoms with Gasteiger partial charge in [-0.2, -0.15) is 0 Å². The van der Waals surface area contributed by atoms with Crippen molar-refractivity contribution in [2.45, 2.75) is 32.3 Å². The van der Waals surface area contributed by atoms with Gasteiger partial charge in [-0.15, -0.1) is 0 Å². The van der Waals surface area contributed by atoms with Crippen LogP contribution in [0.2, 0.25) is 0 Å². The van der Waals surface area contributed by atoms with Crippen LogP contribution in [-0.2, 0) is 4.79 Å². The predicted molar refractivity (Wildman–Crippen MR) is 97.6 cm³/mol. The maximum Gasteiger partial charge on any atom is 0.265 e. The van der Waals surface area contributed by atoms with Crippen molar-refractivity contribution >= 4 is 17.3 Å². The summed E-state index contributed by atoms with van der Waals surface area (Å²) in [7, 11) is 0. The van der Waals surface area contributed by atoms with Crippen molar-refractivity contribution in [2.24, 2.45) is 0 Å². The van der Waals surface area contributed by atoms with Crippen molar-refractivity contribution in [3.05, 3.63) is 54.3 Å². The van der Waals surface area contributed by atoms with Gasteiger partial charge >= 0.3 is 0 Å². The number of carbonyl (C=O) groups excluding carboxylic acids is 1. The lowest BCUT2D eigenvalue weighted by atomic mass is 10.1. The monoisotopic (exact) mass is 342 g/mol. The molecule has 25 heavy (non-hydrogen) atoms. The molecule has 1 amide bonds. The number of halogens is 1. The number of nitrogens with zero attached hydrogens (tertiary/aromatic N) is 1. The van der Waals surface area contributed by atoms with Gasteiger partial charge in [0, 0.05) is 13.1 Å². The standard InChI is InChI=1S/C20H23FN2O2/c1-15(25-17-8-4-2-5-9-17)20(24)22-18-14-16(21)10-11-19(18)23-12-6-3-7-13-23/h2,4-5,8-11,14-15H,3,6-7,12-13H2,1H3,(H,22,24). The summed E-state index contributed by atoms with van der Waals surface area (Å²) in [5, 5.41) is 2.82. The van der Waals surface area contributed by atoms with Gasteiger partial charge in [0.1, 0.15) is 11.6 Å². The Morgan fingerprint density at radius 1 is 1.12 bits per heavy atom. The molecule has 1 aliphatic heterocycles. The largest absolute Gasteiger partial charge is 0.481 e. The van der Waals surface area contributed by atoms with Crippen LogP contribution in [0.15, 0.2) is 48.5 Å². The second-order valence-corrected chi connectivity index (χ2v) is 6.27. The fourth-order valence-electron chi connectivity index (χ4n) is 3.01. The van der Waals surface area contributed by atoms with Crippen molar-refractivity contribution in [2.75, 3.05) is 23.3 Å². The fourth-order valence-corrected chi connectivity index (χ4v) is 3.01. The lowest BCUT2D eigenvalue weighted by Gasteiger charge is -2.30. The molecule has 1 N–H and O–H groups in total. The number of piperidine rings is 1. The van der Waals surface area contributed by atoms with Gasteiger partial charge in [0.25, 0.3) is 5.91 Å². The predicted octanol–water partition coefficient (Wildman–Crippen LogP) is 4.22. The first-order chi connectivity index (χ1) is 12.1. The minimum Gasteiger partial charge on any atom is -0.481 e. The average molecular weight is 342 g/mol. The van der Waals surface area contributed by atoms with Crippen LogP contribution in [-0.4, -0.2) is 25.1 Å². The molecule has 1 saturated heterocycles. The summed E-state index contributed by atoms with van der Waals surface area (Å²) in [6.07, 6.45) is 2.75. The topological polar surface area (TPSA) is 41.6 Å². The zero-order valence-corrected chi connectivity index (χ0v) is 14.4. The van der Waals surface area contributed by atoms with E-state index in [1.807, 2.05) is 18.2 Å². The first-order valence-electron chi connectivity index (χ1n) is 8.70. The molecular weight excluding hydrogens is 319 g/mol. The summed E-state index contributed by atoms with van der Waals surface area (Å²) in [5.41, 5.74) is 1.36. The lowest BCUT2D eigenvalue weighted by molar-refractivity contribution is -0.122. The number of rotatable bonds is 5. The molecule has 1 fully saturated rings. The molecule has 3 rings (SSSR count). The second-order valence-electron chi connectivity index (χ2n) is 6.27. The normalized spacial score (nSPS) is 15.5. The number of ether oxygens (including phenoxy) is 1. The fraction of sp³-hybridized carbons (Fsp3) is 0.350. The summed E-state index contributed by atoms with van der Waals surface area (Å²) in [4.78, 5) is 14.7. The van der Waals surface area contributed by atoms with Crippen LogP contribution in [0.1, 0.15) is 26.2 Å². The smallest absolute Gasteiger partial charge is 0.265 e. The van der Waals surface area contributed by atoms with Crippen LogP contribution < -0.4 is 15.0 Å². The van der Waals surface area contributed by atoms with Gasteiger partial charge in [0.2, 0.25) is 0 Å². The molecule has 0 aromatic heterocycles. The molecule has 0 radical (unpaired) electrons. The number of benzene rings is 2. The van der Waals surface area contributed by atoms with E-state index < -0.39 is 6.10 Å². The quantitative estimate of drug-likeness (QED) is 0.884. The third kappa shape index (κ3) is 4.50. The molecule has 2 aromatic rings. The number of nitrogens with one attached hydrogen (secondary N) is 1. The second kappa shape index (κ2) is 8.01. The van der Waals surface area contributed by atoms with E-state index in [1.54, 1.807) is 25.1 Å². The van der Waals surface area contributed by atoms with Crippen molar-refractivity contribution in [3.63, 3.8) is 0 Å². The maximum atomic E-state index is 13.7. The first kappa shape index (κ1) is 17.3. The number of carbonyl (C=O) groups is 1. The van der Waals surface area contributed by atoms with Crippen molar-refractivity contribution in [1.29, 1.82) is 0 Å². The summed E-state index contributed by atoms with van der Waals surface area (Å²) >= 11 is 0. The third-order valence-electron chi connectivity index (χ3n) is 4.34. The number of amides is 1. The zero-order chi connectivity index (χ0) is 17.6. The van der Waals surface area contributed by atoms with Crippen molar-refractivity contribution in [1.82, 2.24) is 0 Å². The number of para-hydroxylation sites is 1. The Hall–Kier alpha value is -2.56. The van der Waals surface area contributed by atoms with Crippen LogP contribution in [0.25, 0.3) is 0 Å². The Bertz CT molecular complexity index is 715. The molecular formula is C20H23FN2O2. The molecule has 132 valence electrons. The zero-order valence-electron chi connectivity index (χ0n) is 14.4. The Morgan fingerprint density at radius 3 is 2.56 bits per heavy atom. The number of hydrogen-bond donors (Lipinski definition) is 1. The van der Waals surface area contributed by atoms with E-state index in [2.05, 4.69) is 10.2 Å². The number of hydrogen-bond acceptors (Lipinski definition) is 3. The highest BCUT2D eigenvalue weighted by Gasteiger charge is 2.20. The van der Waals surface area contributed by atoms with Crippen molar-refractivity contribution < 1.29 is 13.9 Å². The van der Waals surface area contributed by atoms with Crippen LogP contribution in [0.3, 0.4) is 0 Å². The van der Waals surface area contributed by atoms with Crippen LogP contribution in [0.5, 0.6) is 5.75 Å². The van der Waals surface area contributed by atoms with E-state index in [0.29, 0.717) is 11.4 Å². The summed E-state index contributed by atoms with van der Waals surface area (Å²) in [6.45, 7) is 3.53. The van der Waals surface area contributed by atoms with E-state index in [0.717, 1.165) is 31.6 Å². The van der Waals surface area contributed by atoms with E-state index in [4.69, 9.17) is 4.74 Å². The van der Waals surface area contributed by atoms with Gasteiger partial charge in [-0.3, -0.25) is 4.79 Å². The summed E-state index contributed by atoms with van der Waals surface area (Å²) in [5.74, 6) is -0.0407. The Morgan fingerprint density at radius 2 is 1.84 bits per heavy atom.